The fraction of sp³-hybridized carbons (Fsp3) is 0.267. The van der Waals surface area contributed by atoms with Crippen LogP contribution in [0.1, 0.15) is 5.56 Å². The molecule has 0 aliphatic carbocycles. The number of nitrogens with one attached hydrogen (secondary N) is 1. The van der Waals surface area contributed by atoms with Crippen molar-refractivity contribution >= 4 is 22.6 Å². The maximum Gasteiger partial charge on any atom is 0.223 e. The van der Waals surface area contributed by atoms with Gasteiger partial charge in [-0.2, -0.15) is 0 Å². The fourth-order valence-corrected chi connectivity index (χ4v) is 2.20. The normalized spacial score (nSPS) is 10.5. The van der Waals surface area contributed by atoms with Gasteiger partial charge in [0, 0.05) is 35.5 Å². The molecule has 0 radical (unpaired) electrons. The van der Waals surface area contributed by atoms with E-state index in [0.717, 1.165) is 21.4 Å². The van der Waals surface area contributed by atoms with Crippen molar-refractivity contribution in [3.63, 3.8) is 0 Å². The number of hydrogen-bond acceptors (Lipinski definition) is 4. The second-order valence-corrected chi connectivity index (χ2v) is 5.44. The minimum absolute atomic E-state index is 0.638. The average Bonchev–Trinajstić information content (AvgIpc) is 2.45. The van der Waals surface area contributed by atoms with Gasteiger partial charge < -0.3 is 14.8 Å². The predicted octanol–water partition coefficient (Wildman–Crippen LogP) is 3.21. The summed E-state index contributed by atoms with van der Waals surface area (Å²) in [5, 5.41) is 3.29. The van der Waals surface area contributed by atoms with Crippen molar-refractivity contribution in [1.82, 2.24) is 10.3 Å². The van der Waals surface area contributed by atoms with Gasteiger partial charge in [0.2, 0.25) is 5.88 Å². The Labute approximate surface area is 132 Å². The second kappa shape index (κ2) is 8.18. The lowest BCUT2D eigenvalue weighted by molar-refractivity contribution is 0.199. The van der Waals surface area contributed by atoms with Gasteiger partial charge in [-0.25, -0.2) is 4.98 Å². The van der Waals surface area contributed by atoms with Crippen molar-refractivity contribution < 1.29 is 9.47 Å². The van der Waals surface area contributed by atoms with E-state index in [1.165, 1.54) is 0 Å². The van der Waals surface area contributed by atoms with Crippen LogP contribution in [0, 0.1) is 3.57 Å². The summed E-state index contributed by atoms with van der Waals surface area (Å²) in [4.78, 5) is 4.31. The highest BCUT2D eigenvalue weighted by Gasteiger charge is 2.06. The van der Waals surface area contributed by atoms with E-state index in [9.17, 15) is 0 Å². The van der Waals surface area contributed by atoms with Crippen molar-refractivity contribution in [1.29, 1.82) is 0 Å². The van der Waals surface area contributed by atoms with Crippen molar-refractivity contribution in [3.05, 3.63) is 51.7 Å². The van der Waals surface area contributed by atoms with Gasteiger partial charge in [-0.05, 0) is 46.9 Å². The number of pyridine rings is 1. The lowest BCUT2D eigenvalue weighted by Gasteiger charge is -2.10. The third-order valence-electron chi connectivity index (χ3n) is 2.66. The van der Waals surface area contributed by atoms with Gasteiger partial charge in [0.15, 0.2) is 0 Å². The first-order chi connectivity index (χ1) is 9.79. The number of ether oxygens (including phenoxy) is 2. The van der Waals surface area contributed by atoms with Crippen molar-refractivity contribution in [2.75, 3.05) is 20.3 Å². The highest BCUT2D eigenvalue weighted by molar-refractivity contribution is 14.1. The molecule has 1 aromatic heterocycles. The van der Waals surface area contributed by atoms with Crippen LogP contribution < -0.4 is 10.1 Å². The third-order valence-corrected chi connectivity index (χ3v) is 3.33. The Bertz CT molecular complexity index is 549. The zero-order valence-corrected chi connectivity index (χ0v) is 13.5. The predicted molar refractivity (Wildman–Crippen MR) is 87.1 cm³/mol. The van der Waals surface area contributed by atoms with E-state index in [1.54, 1.807) is 13.3 Å². The molecule has 4 nitrogen and oxygen atoms in total. The van der Waals surface area contributed by atoms with E-state index in [-0.39, 0.29) is 0 Å². The van der Waals surface area contributed by atoms with E-state index < -0.39 is 0 Å². The lowest BCUT2D eigenvalue weighted by atomic mass is 10.2. The molecule has 2 rings (SSSR count). The number of benzene rings is 1. The molecule has 1 aromatic carbocycles. The molecule has 20 heavy (non-hydrogen) atoms. The molecule has 0 saturated heterocycles. The monoisotopic (exact) mass is 384 g/mol. The first kappa shape index (κ1) is 15.2. The molecule has 0 saturated carbocycles. The van der Waals surface area contributed by atoms with Gasteiger partial charge >= 0.3 is 0 Å². The molecular formula is C15H17IN2O2. The summed E-state index contributed by atoms with van der Waals surface area (Å²) in [6.45, 7) is 2.19. The Morgan fingerprint density at radius 3 is 2.95 bits per heavy atom. The molecule has 1 N–H and O–H groups in total. The third kappa shape index (κ3) is 4.73. The minimum atomic E-state index is 0.638. The van der Waals surface area contributed by atoms with Crippen LogP contribution in [-0.4, -0.2) is 25.2 Å². The maximum atomic E-state index is 5.86. The Kier molecular flexibility index (Phi) is 6.23. The van der Waals surface area contributed by atoms with Crippen LogP contribution in [0.2, 0.25) is 0 Å². The highest BCUT2D eigenvalue weighted by Crippen LogP contribution is 2.24. The smallest absolute Gasteiger partial charge is 0.223 e. The number of aromatic nitrogens is 1. The molecule has 1 heterocycles. The lowest BCUT2D eigenvalue weighted by Crippen LogP contribution is -2.19. The number of hydrogen-bond donors (Lipinski definition) is 1. The Balaban J connectivity index is 2.03. The van der Waals surface area contributed by atoms with Crippen molar-refractivity contribution in [2.45, 2.75) is 6.54 Å². The molecule has 106 valence electrons. The van der Waals surface area contributed by atoms with Crippen LogP contribution in [0.4, 0.5) is 0 Å². The van der Waals surface area contributed by atoms with Crippen molar-refractivity contribution in [3.8, 4) is 11.6 Å². The summed E-state index contributed by atoms with van der Waals surface area (Å²) in [6, 6.07) is 11.8. The van der Waals surface area contributed by atoms with Crippen LogP contribution in [0.3, 0.4) is 0 Å². The van der Waals surface area contributed by atoms with Crippen LogP contribution in [0.25, 0.3) is 0 Å². The largest absolute Gasteiger partial charge is 0.439 e. The summed E-state index contributed by atoms with van der Waals surface area (Å²) in [5.41, 5.74) is 1.03. The first-order valence-electron chi connectivity index (χ1n) is 6.36. The van der Waals surface area contributed by atoms with Gasteiger partial charge in [0.25, 0.3) is 0 Å². The van der Waals surface area contributed by atoms with E-state index in [0.29, 0.717) is 19.0 Å². The second-order valence-electron chi connectivity index (χ2n) is 4.20. The first-order valence-corrected chi connectivity index (χ1v) is 7.44. The SMILES string of the molecule is COCCNCc1cccnc1Oc1cccc(I)c1. The summed E-state index contributed by atoms with van der Waals surface area (Å²) < 4.78 is 12.0. The van der Waals surface area contributed by atoms with Gasteiger partial charge in [-0.1, -0.05) is 12.1 Å². The molecule has 0 amide bonds. The van der Waals surface area contributed by atoms with Crippen LogP contribution in [0.5, 0.6) is 11.6 Å². The highest BCUT2D eigenvalue weighted by atomic mass is 127. The standard InChI is InChI=1S/C15H17IN2O2/c1-19-9-8-17-11-12-4-3-7-18-15(12)20-14-6-2-5-13(16)10-14/h2-7,10,17H,8-9,11H2,1H3. The Morgan fingerprint density at radius 2 is 2.15 bits per heavy atom. The Morgan fingerprint density at radius 1 is 1.25 bits per heavy atom. The molecule has 0 atom stereocenters. The van der Waals surface area contributed by atoms with Gasteiger partial charge in [0.05, 0.1) is 6.61 Å². The topological polar surface area (TPSA) is 43.4 Å². The average molecular weight is 384 g/mol. The Hall–Kier alpha value is -1.18. The quantitative estimate of drug-likeness (QED) is 0.588. The molecule has 0 unspecified atom stereocenters. The number of methoxy groups -OCH3 is 1. The molecular weight excluding hydrogens is 367 g/mol. The number of rotatable bonds is 7. The molecule has 0 aliphatic rings. The zero-order chi connectivity index (χ0) is 14.2. The van der Waals surface area contributed by atoms with Crippen LogP contribution in [0.15, 0.2) is 42.6 Å². The fourth-order valence-electron chi connectivity index (χ4n) is 1.69. The summed E-state index contributed by atoms with van der Waals surface area (Å²) >= 11 is 2.26. The van der Waals surface area contributed by atoms with E-state index >= 15 is 0 Å². The van der Waals surface area contributed by atoms with E-state index in [4.69, 9.17) is 9.47 Å². The molecule has 0 bridgehead atoms. The number of halogens is 1. The van der Waals surface area contributed by atoms with Gasteiger partial charge in [-0.15, -0.1) is 0 Å². The van der Waals surface area contributed by atoms with Crippen molar-refractivity contribution in [2.24, 2.45) is 0 Å². The molecule has 0 spiro atoms. The summed E-state index contributed by atoms with van der Waals surface area (Å²) in [7, 11) is 1.69. The molecule has 0 aliphatic heterocycles. The van der Waals surface area contributed by atoms with Gasteiger partial charge in [0.1, 0.15) is 5.75 Å². The molecule has 0 fully saturated rings. The van der Waals surface area contributed by atoms with E-state index in [1.807, 2.05) is 36.4 Å². The number of nitrogens with zero attached hydrogens (tertiary/aromatic N) is 1. The summed E-state index contributed by atoms with van der Waals surface area (Å²) in [5.74, 6) is 1.44. The van der Waals surface area contributed by atoms with Crippen LogP contribution >= 0.6 is 22.6 Å². The molecule has 2 aromatic rings. The van der Waals surface area contributed by atoms with Gasteiger partial charge in [-0.3, -0.25) is 0 Å². The van der Waals surface area contributed by atoms with E-state index in [2.05, 4.69) is 32.9 Å². The zero-order valence-electron chi connectivity index (χ0n) is 11.3. The maximum absolute atomic E-state index is 5.86. The molecule has 5 heteroatoms. The van der Waals surface area contributed by atoms with Crippen LogP contribution in [-0.2, 0) is 11.3 Å². The minimum Gasteiger partial charge on any atom is -0.439 e. The summed E-state index contributed by atoms with van der Waals surface area (Å²) in [6.07, 6.45) is 1.74.